The fourth-order valence-electron chi connectivity index (χ4n) is 15.9. The largest absolute Gasteiger partial charge is 0.394 e. The van der Waals surface area contributed by atoms with Crippen LogP contribution in [0.15, 0.2) is 0 Å². The molecule has 24 heteroatoms. The zero-order chi connectivity index (χ0) is 53.8. The lowest BCUT2D eigenvalue weighted by Crippen LogP contribution is -2.68. The molecule has 4 aliphatic carbocycles. The van der Waals surface area contributed by atoms with Crippen molar-refractivity contribution in [3.63, 3.8) is 0 Å². The Morgan fingerprint density at radius 3 is 1.67 bits per heavy atom. The van der Waals surface area contributed by atoms with Crippen molar-refractivity contribution in [1.82, 2.24) is 0 Å². The number of hydrogen-bond donors (Lipinski definition) is 13. The van der Waals surface area contributed by atoms with E-state index < -0.39 is 161 Å². The molecular formula is C51H82O24. The molecule has 7 unspecified atom stereocenters. The summed E-state index contributed by atoms with van der Waals surface area (Å²) in [4.78, 5) is 14.5. The number of ether oxygens (including phenoxy) is 10. The van der Waals surface area contributed by atoms with Gasteiger partial charge in [-0.25, -0.2) is 0 Å². The Morgan fingerprint density at radius 2 is 1.07 bits per heavy atom. The van der Waals surface area contributed by atoms with Crippen LogP contribution < -0.4 is 0 Å². The Labute approximate surface area is 435 Å². The van der Waals surface area contributed by atoms with Gasteiger partial charge in [0, 0.05) is 24.7 Å². The zero-order valence-electron chi connectivity index (χ0n) is 42.9. The molecule has 10 aliphatic rings. The number of aliphatic hydroxyl groups is 13. The van der Waals surface area contributed by atoms with Crippen LogP contribution in [-0.2, 0) is 52.2 Å². The summed E-state index contributed by atoms with van der Waals surface area (Å²) < 4.78 is 61.2. The number of carbonyl (C=O) groups is 1. The number of ketones is 1. The number of fused-ring (bicyclic) bond motifs is 7. The van der Waals surface area contributed by atoms with E-state index in [1.165, 1.54) is 0 Å². The minimum atomic E-state index is -2.06. The lowest BCUT2D eigenvalue weighted by Gasteiger charge is -2.60. The second-order valence-electron chi connectivity index (χ2n) is 24.3. The van der Waals surface area contributed by atoms with Gasteiger partial charge >= 0.3 is 0 Å². The van der Waals surface area contributed by atoms with Crippen LogP contribution in [0.5, 0.6) is 0 Å². The third kappa shape index (κ3) is 9.70. The van der Waals surface area contributed by atoms with E-state index in [1.54, 1.807) is 0 Å². The molecule has 0 bridgehead atoms. The Hall–Kier alpha value is -1.25. The van der Waals surface area contributed by atoms with Gasteiger partial charge in [0.2, 0.25) is 0 Å². The van der Waals surface area contributed by atoms with E-state index in [0.717, 1.165) is 32.1 Å². The second kappa shape index (κ2) is 21.9. The highest BCUT2D eigenvalue weighted by molar-refractivity contribution is 5.83. The van der Waals surface area contributed by atoms with Gasteiger partial charge < -0.3 is 114 Å². The lowest BCUT2D eigenvalue weighted by molar-refractivity contribution is -0.406. The van der Waals surface area contributed by atoms with E-state index in [4.69, 9.17) is 47.4 Å². The van der Waals surface area contributed by atoms with Crippen molar-refractivity contribution < 1.29 is 119 Å². The predicted molar refractivity (Wildman–Crippen MR) is 249 cm³/mol. The molecule has 0 amide bonds. The average Bonchev–Trinajstić information content (AvgIpc) is 3.85. The molecule has 13 N–H and O–H groups in total. The summed E-state index contributed by atoms with van der Waals surface area (Å²) in [6.07, 6.45) is -30.1. The molecule has 430 valence electrons. The first kappa shape index (κ1) is 57.0. The SMILES string of the molecule is CC1CC[C@@]2(OC1)OC1CC3C4CC(=O)[C@H]5C[C@@H](O[C@@H]6O[C@H](CO)[C@H](O[C@@H]7O[C@H](CO)[C@@H](O)[C@H](O[C@@H]8O[C@H](CO)[C@@H](O)[C@H](O)[C@H]8O)[C@H]7O[C@@H]7O[C@H](CO)[C@@H](O)[C@H](O)[C@H]7O)[C@H](O)[C@H]6O)CC[C@]5(C)C4CC[C@]3(C)C1C2C. The van der Waals surface area contributed by atoms with Gasteiger partial charge in [-0.1, -0.05) is 27.7 Å². The highest BCUT2D eigenvalue weighted by atomic mass is 16.8. The number of carbonyl (C=O) groups excluding carboxylic acids is 1. The van der Waals surface area contributed by atoms with Crippen LogP contribution in [0.1, 0.15) is 85.5 Å². The standard InChI is InChI=1S/C51H82O24/c1-19-5-10-51(66-18-19)20(2)32-27(75-51)13-24-22-12-26(56)25-11-21(6-8-49(25,3)23(22)7-9-50(24,32)4)67-45-41(65)38(62)42(31(17-55)71-45)72-48-44(74-47-40(64)37(61)34(58)29(15-53)69-47)43(35(59)30(16-54)70-48)73-46-39(63)36(60)33(57)28(14-52)68-46/h19-25,27-48,52-55,57-65H,5-18H2,1-4H3/t19?,20?,21-,22?,23?,24?,25+,27?,28+,29+,30+,31+,32?,33+,34+,35+,36-,37-,38+,39+,40+,41+,42-,43-,44+,45+,46-,47-,48-,49+,50-,51+/m0/s1. The van der Waals surface area contributed by atoms with Gasteiger partial charge in [0.1, 0.15) is 103 Å². The molecule has 6 heterocycles. The van der Waals surface area contributed by atoms with Gasteiger partial charge in [-0.2, -0.15) is 0 Å². The van der Waals surface area contributed by atoms with Crippen LogP contribution >= 0.6 is 0 Å². The third-order valence-corrected chi connectivity index (χ3v) is 20.2. The summed E-state index contributed by atoms with van der Waals surface area (Å²) >= 11 is 0. The van der Waals surface area contributed by atoms with Gasteiger partial charge in [-0.15, -0.1) is 0 Å². The smallest absolute Gasteiger partial charge is 0.187 e. The number of Topliss-reactive ketones (excluding diaryl/α,β-unsaturated/α-hetero) is 1. The van der Waals surface area contributed by atoms with Crippen LogP contribution in [0.2, 0.25) is 0 Å². The van der Waals surface area contributed by atoms with E-state index in [-0.39, 0.29) is 40.5 Å². The number of aliphatic hydroxyl groups excluding tert-OH is 13. The van der Waals surface area contributed by atoms with Crippen molar-refractivity contribution in [2.24, 2.45) is 52.3 Å². The van der Waals surface area contributed by atoms with Crippen molar-refractivity contribution in [2.75, 3.05) is 33.0 Å². The molecule has 1 spiro atoms. The number of rotatable bonds is 12. The van der Waals surface area contributed by atoms with E-state index in [1.807, 2.05) is 0 Å². The third-order valence-electron chi connectivity index (χ3n) is 20.2. The molecule has 10 rings (SSSR count). The summed E-state index contributed by atoms with van der Waals surface area (Å²) in [5.41, 5.74) is -0.274. The van der Waals surface area contributed by atoms with Crippen LogP contribution in [0.3, 0.4) is 0 Å². The quantitative estimate of drug-likeness (QED) is 0.0836. The topological polar surface area (TPSA) is 372 Å². The van der Waals surface area contributed by atoms with Gasteiger partial charge in [0.15, 0.2) is 30.9 Å². The molecule has 24 nitrogen and oxygen atoms in total. The van der Waals surface area contributed by atoms with Gasteiger partial charge in [0.05, 0.1) is 45.2 Å². The van der Waals surface area contributed by atoms with Crippen molar-refractivity contribution in [3.05, 3.63) is 0 Å². The maximum absolute atomic E-state index is 14.5. The maximum atomic E-state index is 14.5. The highest BCUT2D eigenvalue weighted by Gasteiger charge is 2.70. The minimum absolute atomic E-state index is 0.0256. The molecule has 6 saturated heterocycles. The summed E-state index contributed by atoms with van der Waals surface area (Å²) in [5, 5.41) is 140. The Bertz CT molecular complexity index is 1960. The zero-order valence-corrected chi connectivity index (χ0v) is 42.9. The fourth-order valence-corrected chi connectivity index (χ4v) is 15.9. The molecule has 75 heavy (non-hydrogen) atoms. The second-order valence-corrected chi connectivity index (χ2v) is 24.3. The monoisotopic (exact) mass is 1080 g/mol. The van der Waals surface area contributed by atoms with Crippen molar-refractivity contribution >= 4 is 5.78 Å². The molecule has 0 radical (unpaired) electrons. The first-order valence-corrected chi connectivity index (χ1v) is 27.3. The van der Waals surface area contributed by atoms with Crippen molar-refractivity contribution in [3.8, 4) is 0 Å². The molecule has 6 aliphatic heterocycles. The van der Waals surface area contributed by atoms with Crippen LogP contribution in [0.4, 0.5) is 0 Å². The van der Waals surface area contributed by atoms with Crippen LogP contribution in [0, 0.1) is 52.3 Å². The Balaban J connectivity index is 0.830. The number of hydrogen-bond acceptors (Lipinski definition) is 24. The first-order chi connectivity index (χ1) is 35.6. The van der Waals surface area contributed by atoms with Gasteiger partial charge in [-0.05, 0) is 85.4 Å². The molecule has 0 aromatic heterocycles. The Morgan fingerprint density at radius 1 is 0.533 bits per heavy atom. The normalized spacial score (nSPS) is 57.0. The summed E-state index contributed by atoms with van der Waals surface area (Å²) in [5.74, 6) is 1.33. The van der Waals surface area contributed by atoms with Crippen molar-refractivity contribution in [2.45, 2.75) is 226 Å². The summed E-state index contributed by atoms with van der Waals surface area (Å²) in [6.45, 7) is 6.39. The summed E-state index contributed by atoms with van der Waals surface area (Å²) in [7, 11) is 0. The maximum Gasteiger partial charge on any atom is 0.187 e. The first-order valence-electron chi connectivity index (χ1n) is 27.3. The van der Waals surface area contributed by atoms with Crippen LogP contribution in [-0.4, -0.2) is 246 Å². The lowest BCUT2D eigenvalue weighted by atomic mass is 9.44. The van der Waals surface area contributed by atoms with Gasteiger partial charge in [0.25, 0.3) is 0 Å². The van der Waals surface area contributed by atoms with E-state index >= 15 is 0 Å². The summed E-state index contributed by atoms with van der Waals surface area (Å²) in [6, 6.07) is 0. The Kier molecular flexibility index (Phi) is 16.7. The molecule has 32 atom stereocenters. The molecule has 10 fully saturated rings. The average molecular weight is 1080 g/mol. The molecular weight excluding hydrogens is 997 g/mol. The predicted octanol–water partition coefficient (Wildman–Crippen LogP) is -3.73. The highest BCUT2D eigenvalue weighted by Crippen LogP contribution is 2.71. The van der Waals surface area contributed by atoms with Gasteiger partial charge in [-0.3, -0.25) is 4.79 Å². The minimum Gasteiger partial charge on any atom is -0.394 e. The molecule has 4 saturated carbocycles. The van der Waals surface area contributed by atoms with E-state index in [0.29, 0.717) is 56.0 Å². The molecule has 0 aromatic rings. The van der Waals surface area contributed by atoms with E-state index in [9.17, 15) is 71.2 Å². The molecule has 0 aromatic carbocycles. The fraction of sp³-hybridized carbons (Fsp3) is 0.980. The van der Waals surface area contributed by atoms with Crippen LogP contribution in [0.25, 0.3) is 0 Å². The van der Waals surface area contributed by atoms with Crippen molar-refractivity contribution in [1.29, 1.82) is 0 Å². The van der Waals surface area contributed by atoms with E-state index in [2.05, 4.69) is 27.7 Å².